The fourth-order valence-corrected chi connectivity index (χ4v) is 0.115. The van der Waals surface area contributed by atoms with Crippen LogP contribution in [-0.2, 0) is 14.4 Å². The molecule has 0 aliphatic heterocycles. The maximum atomic E-state index is 9.60. The average molecular weight is 350 g/mol. The topological polar surface area (TPSA) is 173 Å². The maximum Gasteiger partial charge on any atom is 0.330 e. The standard InChI is InChI=1S/3C4H6O2.C3H8O3/c3*1-3(2)4(5)6;4-2-1-3(5)6/h3*1H2,2H3,(H,5,6);3-6H,1-2H2. The molecule has 140 valence electrons. The minimum atomic E-state index is -1.35. The lowest BCUT2D eigenvalue weighted by atomic mass is 10.4. The van der Waals surface area contributed by atoms with Gasteiger partial charge >= 0.3 is 17.9 Å². The smallest absolute Gasteiger partial charge is 0.330 e. The van der Waals surface area contributed by atoms with Gasteiger partial charge < -0.3 is 30.6 Å². The Kier molecular flexibility index (Phi) is 22.8. The van der Waals surface area contributed by atoms with Gasteiger partial charge in [0, 0.05) is 29.7 Å². The Balaban J connectivity index is -0.000000111. The van der Waals surface area contributed by atoms with Gasteiger partial charge in [-0.15, -0.1) is 0 Å². The zero-order valence-electron chi connectivity index (χ0n) is 14.0. The van der Waals surface area contributed by atoms with Crippen molar-refractivity contribution in [1.82, 2.24) is 0 Å². The van der Waals surface area contributed by atoms with E-state index in [1.807, 2.05) is 0 Å². The van der Waals surface area contributed by atoms with E-state index in [-0.39, 0.29) is 29.7 Å². The first-order chi connectivity index (χ1) is 10.7. The van der Waals surface area contributed by atoms with Crippen LogP contribution in [0.15, 0.2) is 36.5 Å². The van der Waals surface area contributed by atoms with E-state index in [1.165, 1.54) is 20.8 Å². The molecule has 0 aromatic carbocycles. The van der Waals surface area contributed by atoms with Crippen molar-refractivity contribution in [3.63, 3.8) is 0 Å². The largest absolute Gasteiger partial charge is 0.478 e. The van der Waals surface area contributed by atoms with E-state index in [0.717, 1.165) is 0 Å². The van der Waals surface area contributed by atoms with Gasteiger partial charge in [0.15, 0.2) is 6.29 Å². The Labute approximate surface area is 140 Å². The number of aliphatic carboxylic acids is 3. The lowest BCUT2D eigenvalue weighted by Crippen LogP contribution is -2.05. The molecule has 0 radical (unpaired) electrons. The van der Waals surface area contributed by atoms with E-state index < -0.39 is 24.2 Å². The molecule has 0 saturated heterocycles. The van der Waals surface area contributed by atoms with Crippen molar-refractivity contribution in [2.75, 3.05) is 6.61 Å². The van der Waals surface area contributed by atoms with Crippen LogP contribution in [0, 0.1) is 0 Å². The molecule has 0 amide bonds. The maximum absolute atomic E-state index is 9.60. The Hall–Kier alpha value is -2.49. The van der Waals surface area contributed by atoms with Crippen LogP contribution < -0.4 is 0 Å². The van der Waals surface area contributed by atoms with Gasteiger partial charge in [0.1, 0.15) is 0 Å². The average Bonchev–Trinajstić information content (AvgIpc) is 2.40. The highest BCUT2D eigenvalue weighted by Gasteiger charge is 1.91. The number of hydrogen-bond donors (Lipinski definition) is 6. The molecular weight excluding hydrogens is 324 g/mol. The normalized spacial score (nSPS) is 8.12. The number of rotatable bonds is 5. The molecule has 0 fully saturated rings. The van der Waals surface area contributed by atoms with Gasteiger partial charge in [0.2, 0.25) is 0 Å². The number of carboxylic acid groups (broad SMARTS) is 3. The molecule has 0 aliphatic rings. The van der Waals surface area contributed by atoms with Gasteiger partial charge in [-0.25, -0.2) is 14.4 Å². The fraction of sp³-hybridized carbons (Fsp3) is 0.400. The predicted molar refractivity (Wildman–Crippen MR) is 87.3 cm³/mol. The Morgan fingerprint density at radius 2 is 0.917 bits per heavy atom. The van der Waals surface area contributed by atoms with E-state index in [2.05, 4.69) is 19.7 Å². The molecule has 0 aromatic heterocycles. The van der Waals surface area contributed by atoms with Crippen molar-refractivity contribution in [2.24, 2.45) is 0 Å². The summed E-state index contributed by atoms with van der Waals surface area (Å²) in [6.45, 7) is 13.6. The van der Waals surface area contributed by atoms with E-state index in [4.69, 9.17) is 30.6 Å². The highest BCUT2D eigenvalue weighted by molar-refractivity contribution is 5.85. The third-order valence-corrected chi connectivity index (χ3v) is 1.48. The zero-order chi connectivity index (χ0) is 20.5. The molecule has 0 unspecified atom stereocenters. The molecular formula is C15H26O9. The summed E-state index contributed by atoms with van der Waals surface area (Å²) in [5.41, 5.74) is 0.528. The Bertz CT molecular complexity index is 343. The number of aliphatic hydroxyl groups is 3. The quantitative estimate of drug-likeness (QED) is 0.307. The first-order valence-electron chi connectivity index (χ1n) is 6.33. The highest BCUT2D eigenvalue weighted by Crippen LogP contribution is 1.82. The van der Waals surface area contributed by atoms with Crippen LogP contribution in [0.3, 0.4) is 0 Å². The minimum absolute atomic E-state index is 0.0417. The summed E-state index contributed by atoms with van der Waals surface area (Å²) in [7, 11) is 0. The van der Waals surface area contributed by atoms with Crippen LogP contribution >= 0.6 is 0 Å². The molecule has 9 nitrogen and oxygen atoms in total. The first kappa shape index (κ1) is 29.5. The fourth-order valence-electron chi connectivity index (χ4n) is 0.115. The second-order valence-electron chi connectivity index (χ2n) is 4.25. The van der Waals surface area contributed by atoms with Crippen molar-refractivity contribution in [3.8, 4) is 0 Å². The molecule has 0 heterocycles. The van der Waals surface area contributed by atoms with E-state index in [1.54, 1.807) is 0 Å². The summed E-state index contributed by atoms with van der Waals surface area (Å²) in [5, 5.41) is 47.5. The van der Waals surface area contributed by atoms with Crippen molar-refractivity contribution < 1.29 is 45.0 Å². The number of aliphatic hydroxyl groups excluding tert-OH is 2. The molecule has 0 saturated carbocycles. The van der Waals surface area contributed by atoms with Gasteiger partial charge in [-0.2, -0.15) is 0 Å². The molecule has 0 bridgehead atoms. The number of hydrogen-bond acceptors (Lipinski definition) is 6. The number of carboxylic acids is 3. The van der Waals surface area contributed by atoms with Crippen LogP contribution in [-0.4, -0.2) is 61.4 Å². The van der Waals surface area contributed by atoms with Crippen molar-refractivity contribution in [2.45, 2.75) is 33.5 Å². The van der Waals surface area contributed by atoms with E-state index in [0.29, 0.717) is 0 Å². The SMILES string of the molecule is C=C(C)C(=O)O.C=C(C)C(=O)O.C=C(C)C(=O)O.OCCC(O)O. The van der Waals surface area contributed by atoms with Gasteiger partial charge in [0.25, 0.3) is 0 Å². The molecule has 0 spiro atoms. The Morgan fingerprint density at radius 1 is 0.750 bits per heavy atom. The van der Waals surface area contributed by atoms with Crippen LogP contribution in [0.2, 0.25) is 0 Å². The molecule has 0 rings (SSSR count). The van der Waals surface area contributed by atoms with Crippen LogP contribution in [0.25, 0.3) is 0 Å². The lowest BCUT2D eigenvalue weighted by Gasteiger charge is -1.94. The summed E-state index contributed by atoms with van der Waals surface area (Å²) >= 11 is 0. The molecule has 24 heavy (non-hydrogen) atoms. The van der Waals surface area contributed by atoms with Crippen LogP contribution in [0.1, 0.15) is 27.2 Å². The van der Waals surface area contributed by atoms with Crippen molar-refractivity contribution >= 4 is 17.9 Å². The van der Waals surface area contributed by atoms with Crippen LogP contribution in [0.4, 0.5) is 0 Å². The van der Waals surface area contributed by atoms with E-state index in [9.17, 15) is 14.4 Å². The van der Waals surface area contributed by atoms with Crippen molar-refractivity contribution in [3.05, 3.63) is 36.5 Å². The monoisotopic (exact) mass is 350 g/mol. The number of carbonyl (C=O) groups is 3. The Morgan fingerprint density at radius 3 is 0.917 bits per heavy atom. The second kappa shape index (κ2) is 18.6. The van der Waals surface area contributed by atoms with Crippen molar-refractivity contribution in [1.29, 1.82) is 0 Å². The predicted octanol–water partition coefficient (Wildman–Crippen LogP) is 0.621. The summed E-state index contributed by atoms with van der Waals surface area (Å²) < 4.78 is 0. The van der Waals surface area contributed by atoms with E-state index >= 15 is 0 Å². The highest BCUT2D eigenvalue weighted by atomic mass is 16.5. The molecule has 0 aromatic rings. The molecule has 6 N–H and O–H groups in total. The summed E-state index contributed by atoms with van der Waals surface area (Å²) in [4.78, 5) is 28.8. The third kappa shape index (κ3) is 42.7. The first-order valence-corrected chi connectivity index (χ1v) is 6.33. The van der Waals surface area contributed by atoms with Gasteiger partial charge in [-0.3, -0.25) is 0 Å². The summed E-state index contributed by atoms with van der Waals surface area (Å²) in [5.74, 6) is -2.81. The zero-order valence-corrected chi connectivity index (χ0v) is 14.0. The summed E-state index contributed by atoms with van der Waals surface area (Å²) in [6.07, 6.45) is -1.31. The molecule has 0 atom stereocenters. The third-order valence-electron chi connectivity index (χ3n) is 1.48. The lowest BCUT2D eigenvalue weighted by molar-refractivity contribution is -0.133. The summed E-state index contributed by atoms with van der Waals surface area (Å²) in [6, 6.07) is 0. The van der Waals surface area contributed by atoms with Crippen LogP contribution in [0.5, 0.6) is 0 Å². The molecule has 0 aliphatic carbocycles. The van der Waals surface area contributed by atoms with Gasteiger partial charge in [0.05, 0.1) is 0 Å². The minimum Gasteiger partial charge on any atom is -0.478 e. The van der Waals surface area contributed by atoms with Gasteiger partial charge in [-0.05, 0) is 20.8 Å². The van der Waals surface area contributed by atoms with Gasteiger partial charge in [-0.1, -0.05) is 19.7 Å². The second-order valence-corrected chi connectivity index (χ2v) is 4.25. The molecule has 9 heteroatoms.